The first kappa shape index (κ1) is 11.0. The highest BCUT2D eigenvalue weighted by atomic mass is 16.5. The lowest BCUT2D eigenvalue weighted by Crippen LogP contribution is -1.97. The summed E-state index contributed by atoms with van der Waals surface area (Å²) >= 11 is 0. The van der Waals surface area contributed by atoms with Crippen molar-refractivity contribution in [1.82, 2.24) is 10.1 Å². The molecule has 0 spiro atoms. The second-order valence-electron chi connectivity index (χ2n) is 4.66. The van der Waals surface area contributed by atoms with Crippen LogP contribution in [0.5, 0.6) is 0 Å². The molecule has 0 radical (unpaired) electrons. The third-order valence-corrected chi connectivity index (χ3v) is 3.40. The van der Waals surface area contributed by atoms with E-state index in [1.807, 2.05) is 18.2 Å². The van der Waals surface area contributed by atoms with Crippen LogP contribution in [0.15, 0.2) is 53.5 Å². The van der Waals surface area contributed by atoms with Crippen LogP contribution >= 0.6 is 0 Å². The van der Waals surface area contributed by atoms with Gasteiger partial charge in [0.15, 0.2) is 0 Å². The fourth-order valence-corrected chi connectivity index (χ4v) is 2.34. The van der Waals surface area contributed by atoms with Crippen LogP contribution in [0.25, 0.3) is 11.1 Å². The number of pyridine rings is 1. The molecule has 1 aliphatic heterocycles. The summed E-state index contributed by atoms with van der Waals surface area (Å²) in [5, 5.41) is 10.5. The minimum absolute atomic E-state index is 0.746. The molecule has 2 aromatic heterocycles. The third kappa shape index (κ3) is 1.80. The molecule has 4 rings (SSSR count). The molecule has 5 heteroatoms. The fourth-order valence-electron chi connectivity index (χ4n) is 2.34. The Morgan fingerprint density at radius 1 is 1.10 bits per heavy atom. The predicted octanol–water partition coefficient (Wildman–Crippen LogP) is 3.41. The summed E-state index contributed by atoms with van der Waals surface area (Å²) in [4.78, 5) is 4.37. The number of rotatable bonds is 1. The summed E-state index contributed by atoms with van der Waals surface area (Å²) in [6.07, 6.45) is 5.15. The molecular weight excluding hydrogens is 252 g/mol. The molecule has 1 aliphatic rings. The first-order valence-corrected chi connectivity index (χ1v) is 6.39. The van der Waals surface area contributed by atoms with Crippen molar-refractivity contribution < 1.29 is 4.52 Å². The van der Waals surface area contributed by atoms with Gasteiger partial charge in [-0.15, -0.1) is 0 Å². The third-order valence-electron chi connectivity index (χ3n) is 3.40. The van der Waals surface area contributed by atoms with Crippen molar-refractivity contribution in [3.05, 3.63) is 54.6 Å². The van der Waals surface area contributed by atoms with E-state index in [1.54, 1.807) is 18.7 Å². The lowest BCUT2D eigenvalue weighted by molar-refractivity contribution is 0.420. The van der Waals surface area contributed by atoms with Gasteiger partial charge in [0.25, 0.3) is 0 Å². The van der Waals surface area contributed by atoms with Crippen molar-refractivity contribution in [1.29, 1.82) is 0 Å². The van der Waals surface area contributed by atoms with E-state index in [-0.39, 0.29) is 0 Å². The van der Waals surface area contributed by atoms with Crippen molar-refractivity contribution in [2.45, 2.75) is 6.54 Å². The van der Waals surface area contributed by atoms with Crippen LogP contribution in [0.4, 0.5) is 17.2 Å². The summed E-state index contributed by atoms with van der Waals surface area (Å²) in [5.74, 6) is 0.900. The van der Waals surface area contributed by atoms with Crippen molar-refractivity contribution in [3.63, 3.8) is 0 Å². The average molecular weight is 264 g/mol. The number of aromatic nitrogens is 2. The second kappa shape index (κ2) is 4.38. The number of nitrogens with one attached hydrogen (secondary N) is 2. The Morgan fingerprint density at radius 2 is 2.10 bits per heavy atom. The molecule has 3 aromatic rings. The summed E-state index contributed by atoms with van der Waals surface area (Å²) in [7, 11) is 0. The van der Waals surface area contributed by atoms with E-state index in [0.717, 1.165) is 40.4 Å². The highest BCUT2D eigenvalue weighted by molar-refractivity contribution is 5.81. The van der Waals surface area contributed by atoms with E-state index in [1.165, 1.54) is 0 Å². The van der Waals surface area contributed by atoms with E-state index in [9.17, 15) is 0 Å². The van der Waals surface area contributed by atoms with Gasteiger partial charge in [-0.25, -0.2) is 4.98 Å². The van der Waals surface area contributed by atoms with Gasteiger partial charge < -0.3 is 15.2 Å². The lowest BCUT2D eigenvalue weighted by atomic mass is 10.1. The first-order valence-electron chi connectivity index (χ1n) is 6.39. The maximum atomic E-state index is 4.89. The van der Waals surface area contributed by atoms with Crippen LogP contribution in [-0.2, 0) is 6.54 Å². The molecule has 5 nitrogen and oxygen atoms in total. The first-order chi connectivity index (χ1) is 9.90. The van der Waals surface area contributed by atoms with Crippen LogP contribution in [0, 0.1) is 0 Å². The van der Waals surface area contributed by atoms with E-state index < -0.39 is 0 Å². The van der Waals surface area contributed by atoms with E-state index in [0.29, 0.717) is 0 Å². The molecule has 0 saturated heterocycles. The van der Waals surface area contributed by atoms with Crippen molar-refractivity contribution in [3.8, 4) is 11.1 Å². The zero-order valence-electron chi connectivity index (χ0n) is 10.6. The smallest absolute Gasteiger partial charge is 0.135 e. The van der Waals surface area contributed by atoms with Crippen molar-refractivity contribution >= 4 is 17.2 Å². The Kier molecular flexibility index (Phi) is 2.42. The topological polar surface area (TPSA) is 63.0 Å². The molecular formula is C15H12N4O. The molecule has 3 heterocycles. The Morgan fingerprint density at radius 3 is 3.00 bits per heavy atom. The minimum Gasteiger partial charge on any atom is -0.379 e. The summed E-state index contributed by atoms with van der Waals surface area (Å²) in [6.45, 7) is 0.746. The monoisotopic (exact) mass is 264 g/mol. The maximum absolute atomic E-state index is 4.89. The number of nitrogens with zero attached hydrogens (tertiary/aromatic N) is 2. The molecule has 0 aliphatic carbocycles. The average Bonchev–Trinajstić information content (AvgIpc) is 2.95. The zero-order chi connectivity index (χ0) is 13.4. The Bertz CT molecular complexity index is 752. The lowest BCUT2D eigenvalue weighted by Gasteiger charge is -2.09. The van der Waals surface area contributed by atoms with Crippen LogP contribution in [0.3, 0.4) is 0 Å². The molecule has 20 heavy (non-hydrogen) atoms. The normalized spacial score (nSPS) is 12.6. The van der Waals surface area contributed by atoms with Gasteiger partial charge in [0.1, 0.15) is 12.1 Å². The van der Waals surface area contributed by atoms with E-state index >= 15 is 0 Å². The Hall–Kier alpha value is -2.82. The highest BCUT2D eigenvalue weighted by Gasteiger charge is 2.13. The molecule has 0 bridgehead atoms. The maximum Gasteiger partial charge on any atom is 0.135 e. The number of benzene rings is 1. The van der Waals surface area contributed by atoms with Crippen LogP contribution in [-0.4, -0.2) is 10.1 Å². The van der Waals surface area contributed by atoms with Crippen molar-refractivity contribution in [2.75, 3.05) is 10.6 Å². The van der Waals surface area contributed by atoms with Crippen LogP contribution in [0.1, 0.15) is 5.56 Å². The van der Waals surface area contributed by atoms with Crippen LogP contribution in [0.2, 0.25) is 0 Å². The molecule has 98 valence electrons. The summed E-state index contributed by atoms with van der Waals surface area (Å²) < 4.78 is 4.89. The Balaban J connectivity index is 1.76. The largest absolute Gasteiger partial charge is 0.379 e. The standard InChI is InChI=1S/C15H12N4O/c1-2-11-7-17-14-6-10(12-8-18-20-9-12)3-4-13(14)19-15(11)16-5-1/h1-6,8-9,17H,7H2,(H,16,19). The molecule has 0 unspecified atom stereocenters. The minimum atomic E-state index is 0.746. The van der Waals surface area contributed by atoms with Gasteiger partial charge in [-0.1, -0.05) is 17.3 Å². The molecule has 0 saturated carbocycles. The van der Waals surface area contributed by atoms with Gasteiger partial charge in [0.05, 0.1) is 17.6 Å². The van der Waals surface area contributed by atoms with Gasteiger partial charge in [0, 0.05) is 23.9 Å². The van der Waals surface area contributed by atoms with Gasteiger partial charge in [-0.3, -0.25) is 0 Å². The van der Waals surface area contributed by atoms with E-state index in [4.69, 9.17) is 4.52 Å². The Labute approximate surface area is 115 Å². The molecule has 0 amide bonds. The fraction of sp³-hybridized carbons (Fsp3) is 0.0667. The zero-order valence-corrected chi connectivity index (χ0v) is 10.6. The second-order valence-corrected chi connectivity index (χ2v) is 4.66. The van der Waals surface area contributed by atoms with Gasteiger partial charge in [-0.2, -0.15) is 0 Å². The van der Waals surface area contributed by atoms with E-state index in [2.05, 4.69) is 32.9 Å². The number of hydrogen-bond acceptors (Lipinski definition) is 5. The predicted molar refractivity (Wildman–Crippen MR) is 76.8 cm³/mol. The molecule has 1 aromatic carbocycles. The van der Waals surface area contributed by atoms with Gasteiger partial charge >= 0.3 is 0 Å². The quantitative estimate of drug-likeness (QED) is 0.705. The van der Waals surface area contributed by atoms with Crippen LogP contribution < -0.4 is 10.6 Å². The number of anilines is 3. The van der Waals surface area contributed by atoms with Gasteiger partial charge in [0.2, 0.25) is 0 Å². The molecule has 0 atom stereocenters. The summed E-state index contributed by atoms with van der Waals surface area (Å²) in [5.41, 5.74) is 5.24. The molecule has 0 fully saturated rings. The van der Waals surface area contributed by atoms with Gasteiger partial charge in [-0.05, 0) is 23.8 Å². The van der Waals surface area contributed by atoms with Crippen molar-refractivity contribution in [2.24, 2.45) is 0 Å². The summed E-state index contributed by atoms with van der Waals surface area (Å²) in [6, 6.07) is 10.2. The highest BCUT2D eigenvalue weighted by Crippen LogP contribution is 2.34. The SMILES string of the molecule is c1cnc2c(c1)CNc1cc(-c3cnoc3)ccc1N2. The number of fused-ring (bicyclic) bond motifs is 2. The molecule has 2 N–H and O–H groups in total. The number of hydrogen-bond donors (Lipinski definition) is 2.